The van der Waals surface area contributed by atoms with Crippen molar-refractivity contribution in [2.75, 3.05) is 0 Å². The van der Waals surface area contributed by atoms with Gasteiger partial charge in [-0.3, -0.25) is 0 Å². The van der Waals surface area contributed by atoms with Crippen molar-refractivity contribution in [2.45, 2.75) is 52.1 Å². The maximum absolute atomic E-state index is 9.95. The molecule has 0 spiro atoms. The summed E-state index contributed by atoms with van der Waals surface area (Å²) in [5, 5.41) is 9.95. The molecule has 3 heteroatoms. The summed E-state index contributed by atoms with van der Waals surface area (Å²) in [6, 6.07) is 2.05. The van der Waals surface area contributed by atoms with Gasteiger partial charge in [0, 0.05) is 14.2 Å². The maximum atomic E-state index is 9.95. The lowest BCUT2D eigenvalue weighted by Gasteiger charge is -2.07. The Morgan fingerprint density at radius 3 is 2.67 bits per heavy atom. The Morgan fingerprint density at radius 1 is 1.40 bits per heavy atom. The first-order valence-electron chi connectivity index (χ1n) is 5.59. The van der Waals surface area contributed by atoms with E-state index in [1.807, 2.05) is 6.07 Å². The van der Waals surface area contributed by atoms with Gasteiger partial charge in [-0.15, -0.1) is 11.3 Å². The Kier molecular flexibility index (Phi) is 5.87. The zero-order valence-electron chi connectivity index (χ0n) is 9.42. The molecule has 1 rings (SSSR count). The zero-order valence-corrected chi connectivity index (χ0v) is 11.8. The Balaban J connectivity index is 2.36. The second-order valence-corrected chi connectivity index (χ2v) is 6.06. The largest absolute Gasteiger partial charge is 0.388 e. The van der Waals surface area contributed by atoms with E-state index in [1.165, 1.54) is 24.1 Å². The van der Waals surface area contributed by atoms with Crippen LogP contribution in [0.1, 0.15) is 54.9 Å². The lowest BCUT2D eigenvalue weighted by Crippen LogP contribution is -1.94. The molecule has 1 N–H and O–H groups in total. The van der Waals surface area contributed by atoms with Crippen LogP contribution >= 0.6 is 27.3 Å². The molecule has 0 amide bonds. The van der Waals surface area contributed by atoms with Crippen molar-refractivity contribution in [2.24, 2.45) is 0 Å². The first kappa shape index (κ1) is 13.2. The minimum atomic E-state index is -0.267. The number of hydrogen-bond donors (Lipinski definition) is 1. The monoisotopic (exact) mass is 290 g/mol. The molecule has 0 aromatic carbocycles. The highest BCUT2D eigenvalue weighted by Gasteiger charge is 2.11. The minimum absolute atomic E-state index is 0.267. The molecule has 0 aliphatic heterocycles. The van der Waals surface area contributed by atoms with Crippen LogP contribution in [0, 0.1) is 6.92 Å². The number of unbranched alkanes of at least 4 members (excludes halogenated alkanes) is 3. The Labute approximate surface area is 105 Å². The lowest BCUT2D eigenvalue weighted by molar-refractivity contribution is 0.167. The van der Waals surface area contributed by atoms with E-state index in [1.54, 1.807) is 11.3 Å². The fourth-order valence-corrected chi connectivity index (χ4v) is 3.13. The van der Waals surface area contributed by atoms with Gasteiger partial charge in [0.1, 0.15) is 0 Å². The molecular formula is C12H19BrOS. The molecular weight excluding hydrogens is 272 g/mol. The molecule has 0 radical (unpaired) electrons. The van der Waals surface area contributed by atoms with Gasteiger partial charge < -0.3 is 5.11 Å². The number of halogens is 1. The normalized spacial score (nSPS) is 13.1. The number of rotatable bonds is 6. The van der Waals surface area contributed by atoms with Gasteiger partial charge in [-0.2, -0.15) is 0 Å². The number of aliphatic hydroxyl groups is 1. The summed E-state index contributed by atoms with van der Waals surface area (Å²) in [5.41, 5.74) is 0. The highest BCUT2D eigenvalue weighted by molar-refractivity contribution is 9.10. The number of aliphatic hydroxyl groups excluding tert-OH is 1. The maximum Gasteiger partial charge on any atom is 0.0882 e. The van der Waals surface area contributed by atoms with E-state index in [0.29, 0.717) is 0 Å². The van der Waals surface area contributed by atoms with Crippen LogP contribution < -0.4 is 0 Å². The predicted molar refractivity (Wildman–Crippen MR) is 70.5 cm³/mol. The summed E-state index contributed by atoms with van der Waals surface area (Å²) in [6.45, 7) is 4.28. The van der Waals surface area contributed by atoms with Gasteiger partial charge in [-0.25, -0.2) is 0 Å². The van der Waals surface area contributed by atoms with Crippen LogP contribution in [-0.4, -0.2) is 5.11 Å². The number of thiophene rings is 1. The SMILES string of the molecule is CCCCCCC(O)c1cc(Br)c(C)s1. The van der Waals surface area contributed by atoms with Gasteiger partial charge in [0.25, 0.3) is 0 Å². The summed E-state index contributed by atoms with van der Waals surface area (Å²) in [7, 11) is 0. The van der Waals surface area contributed by atoms with E-state index in [0.717, 1.165) is 22.2 Å². The molecule has 0 saturated carbocycles. The van der Waals surface area contributed by atoms with Crippen molar-refractivity contribution in [1.82, 2.24) is 0 Å². The third kappa shape index (κ3) is 4.25. The van der Waals surface area contributed by atoms with Crippen LogP contribution in [0.2, 0.25) is 0 Å². The predicted octanol–water partition coefficient (Wildman–Crippen LogP) is 4.82. The molecule has 1 aromatic rings. The summed E-state index contributed by atoms with van der Waals surface area (Å²) in [4.78, 5) is 2.34. The molecule has 1 atom stereocenters. The average Bonchev–Trinajstić information content (AvgIpc) is 2.54. The van der Waals surface area contributed by atoms with E-state index < -0.39 is 0 Å². The van der Waals surface area contributed by atoms with E-state index in [-0.39, 0.29) is 6.10 Å². The van der Waals surface area contributed by atoms with Gasteiger partial charge in [-0.1, -0.05) is 32.6 Å². The molecule has 86 valence electrons. The quantitative estimate of drug-likeness (QED) is 0.745. The lowest BCUT2D eigenvalue weighted by atomic mass is 10.1. The van der Waals surface area contributed by atoms with E-state index in [2.05, 4.69) is 29.8 Å². The molecule has 0 fully saturated rings. The smallest absolute Gasteiger partial charge is 0.0882 e. The fourth-order valence-electron chi connectivity index (χ4n) is 1.55. The third-order valence-electron chi connectivity index (χ3n) is 2.54. The van der Waals surface area contributed by atoms with Gasteiger partial charge >= 0.3 is 0 Å². The van der Waals surface area contributed by atoms with Crippen LogP contribution in [0.5, 0.6) is 0 Å². The summed E-state index contributed by atoms with van der Waals surface area (Å²) in [5.74, 6) is 0. The molecule has 0 saturated heterocycles. The molecule has 0 aliphatic rings. The van der Waals surface area contributed by atoms with Gasteiger partial charge in [0.2, 0.25) is 0 Å². The van der Waals surface area contributed by atoms with Gasteiger partial charge in [0.15, 0.2) is 0 Å². The minimum Gasteiger partial charge on any atom is -0.388 e. The van der Waals surface area contributed by atoms with E-state index in [9.17, 15) is 5.11 Å². The molecule has 0 bridgehead atoms. The molecule has 1 nitrogen and oxygen atoms in total. The van der Waals surface area contributed by atoms with Crippen molar-refractivity contribution in [3.63, 3.8) is 0 Å². The highest BCUT2D eigenvalue weighted by Crippen LogP contribution is 2.32. The highest BCUT2D eigenvalue weighted by atomic mass is 79.9. The molecule has 0 aliphatic carbocycles. The fraction of sp³-hybridized carbons (Fsp3) is 0.667. The second-order valence-electron chi connectivity index (χ2n) is 3.92. The van der Waals surface area contributed by atoms with Crippen molar-refractivity contribution >= 4 is 27.3 Å². The van der Waals surface area contributed by atoms with Crippen LogP contribution in [0.25, 0.3) is 0 Å². The average molecular weight is 291 g/mol. The Morgan fingerprint density at radius 2 is 2.13 bits per heavy atom. The van der Waals surface area contributed by atoms with Crippen LogP contribution in [0.15, 0.2) is 10.5 Å². The first-order chi connectivity index (χ1) is 7.15. The van der Waals surface area contributed by atoms with Gasteiger partial charge in [0.05, 0.1) is 6.10 Å². The summed E-state index contributed by atoms with van der Waals surface area (Å²) < 4.78 is 1.12. The molecule has 1 unspecified atom stereocenters. The van der Waals surface area contributed by atoms with Crippen molar-refractivity contribution in [3.05, 3.63) is 20.3 Å². The van der Waals surface area contributed by atoms with Crippen LogP contribution in [0.3, 0.4) is 0 Å². The van der Waals surface area contributed by atoms with Crippen molar-refractivity contribution < 1.29 is 5.11 Å². The van der Waals surface area contributed by atoms with Crippen LogP contribution in [0.4, 0.5) is 0 Å². The Bertz CT molecular complexity index is 276. The molecule has 1 heterocycles. The van der Waals surface area contributed by atoms with Gasteiger partial charge in [-0.05, 0) is 35.3 Å². The molecule has 15 heavy (non-hydrogen) atoms. The zero-order chi connectivity index (χ0) is 11.3. The first-order valence-corrected chi connectivity index (χ1v) is 7.20. The second kappa shape index (κ2) is 6.66. The molecule has 1 aromatic heterocycles. The van der Waals surface area contributed by atoms with Crippen molar-refractivity contribution in [3.8, 4) is 0 Å². The van der Waals surface area contributed by atoms with E-state index >= 15 is 0 Å². The summed E-state index contributed by atoms with van der Waals surface area (Å²) in [6.07, 6.45) is 5.52. The third-order valence-corrected chi connectivity index (χ3v) is 4.77. The number of aryl methyl sites for hydroxylation is 1. The Hall–Kier alpha value is 0.140. The van der Waals surface area contributed by atoms with E-state index in [4.69, 9.17) is 0 Å². The number of hydrogen-bond acceptors (Lipinski definition) is 2. The topological polar surface area (TPSA) is 20.2 Å². The van der Waals surface area contributed by atoms with Crippen LogP contribution in [-0.2, 0) is 0 Å². The standard InChI is InChI=1S/C12H19BrOS/c1-3-4-5-6-7-11(14)12-8-10(13)9(2)15-12/h8,11,14H,3-7H2,1-2H3. The summed E-state index contributed by atoms with van der Waals surface area (Å²) >= 11 is 5.17. The van der Waals surface area contributed by atoms with Crippen molar-refractivity contribution in [1.29, 1.82) is 0 Å².